The topological polar surface area (TPSA) is 85.1 Å². The van der Waals surface area contributed by atoms with Crippen molar-refractivity contribution in [3.8, 4) is 0 Å². The molecule has 106 valence electrons. The van der Waals surface area contributed by atoms with E-state index in [-0.39, 0.29) is 5.69 Å². The molecule has 0 amide bonds. The molecule has 0 spiro atoms. The molecule has 2 aromatic rings. The minimum Gasteiger partial charge on any atom is -0.316 e. The average molecular weight is 311 g/mol. The van der Waals surface area contributed by atoms with Crippen LogP contribution in [-0.2, 0) is 10.8 Å². The predicted octanol–water partition coefficient (Wildman–Crippen LogP) is 1.92. The Morgan fingerprint density at radius 1 is 1.55 bits per heavy atom. The Hall–Kier alpha value is -1.38. The number of thiazole rings is 1. The van der Waals surface area contributed by atoms with E-state index in [0.29, 0.717) is 21.5 Å². The maximum atomic E-state index is 12.3. The van der Waals surface area contributed by atoms with Crippen LogP contribution in [0.15, 0.2) is 22.5 Å². The molecule has 1 N–H and O–H groups in total. The molecule has 0 bridgehead atoms. The first-order chi connectivity index (χ1) is 9.63. The first kappa shape index (κ1) is 13.6. The number of hydrogen-bond donors (Lipinski definition) is 1. The lowest BCUT2D eigenvalue weighted by Gasteiger charge is -2.04. The van der Waals surface area contributed by atoms with E-state index in [1.54, 1.807) is 6.07 Å². The molecule has 1 aliphatic heterocycles. The van der Waals surface area contributed by atoms with Crippen molar-refractivity contribution >= 4 is 38.0 Å². The fraction of sp³-hybridized carbons (Fsp3) is 0.417. The van der Waals surface area contributed by atoms with E-state index in [2.05, 4.69) is 10.3 Å². The molecule has 0 aliphatic carbocycles. The number of benzene rings is 1. The van der Waals surface area contributed by atoms with E-state index >= 15 is 0 Å². The summed E-state index contributed by atoms with van der Waals surface area (Å²) in [4.78, 5) is 14.6. The van der Waals surface area contributed by atoms with Crippen LogP contribution in [0.3, 0.4) is 0 Å². The van der Waals surface area contributed by atoms with Crippen LogP contribution in [0.4, 0.5) is 5.69 Å². The van der Waals surface area contributed by atoms with Crippen molar-refractivity contribution in [1.29, 1.82) is 0 Å². The van der Waals surface area contributed by atoms with Gasteiger partial charge in [-0.3, -0.25) is 14.3 Å². The number of hydrogen-bond acceptors (Lipinski definition) is 6. The smallest absolute Gasteiger partial charge is 0.271 e. The zero-order chi connectivity index (χ0) is 14.1. The second-order valence-corrected chi connectivity index (χ2v) is 7.46. The van der Waals surface area contributed by atoms with E-state index in [9.17, 15) is 14.3 Å². The van der Waals surface area contributed by atoms with Gasteiger partial charge in [0.05, 0.1) is 25.9 Å². The highest BCUT2D eigenvalue weighted by Gasteiger charge is 2.20. The van der Waals surface area contributed by atoms with Crippen LogP contribution in [0, 0.1) is 16.0 Å². The summed E-state index contributed by atoms with van der Waals surface area (Å²) in [6, 6.07) is 4.56. The standard InChI is InChI=1S/C12H13N3O3S2/c16-15(17)9-1-2-11-10(5-9)14-12(19-11)20(18)7-8-3-4-13-6-8/h1-2,5,8,13H,3-4,6-7H2/t8-,20+/m0/s1. The fourth-order valence-corrected chi connectivity index (χ4v) is 4.83. The molecule has 1 aromatic carbocycles. The average Bonchev–Trinajstić information content (AvgIpc) is 3.05. The number of nitro benzene ring substituents is 1. The molecule has 2 heterocycles. The van der Waals surface area contributed by atoms with Crippen LogP contribution in [0.25, 0.3) is 10.2 Å². The lowest BCUT2D eigenvalue weighted by atomic mass is 10.2. The molecular weight excluding hydrogens is 298 g/mol. The Morgan fingerprint density at radius 3 is 3.10 bits per heavy atom. The Kier molecular flexibility index (Phi) is 3.77. The van der Waals surface area contributed by atoms with Gasteiger partial charge in [-0.15, -0.1) is 11.3 Å². The van der Waals surface area contributed by atoms with Gasteiger partial charge in [-0.2, -0.15) is 0 Å². The van der Waals surface area contributed by atoms with E-state index in [4.69, 9.17) is 0 Å². The number of non-ortho nitro benzene ring substituents is 1. The molecule has 0 saturated carbocycles. The van der Waals surface area contributed by atoms with Crippen LogP contribution >= 0.6 is 11.3 Å². The summed E-state index contributed by atoms with van der Waals surface area (Å²) >= 11 is 1.35. The molecule has 3 rings (SSSR count). The van der Waals surface area contributed by atoms with Crippen molar-refractivity contribution in [2.75, 3.05) is 18.8 Å². The third-order valence-corrected chi connectivity index (χ3v) is 6.20. The monoisotopic (exact) mass is 311 g/mol. The van der Waals surface area contributed by atoms with Crippen LogP contribution < -0.4 is 5.32 Å². The van der Waals surface area contributed by atoms with Crippen LogP contribution in [0.2, 0.25) is 0 Å². The second kappa shape index (κ2) is 5.55. The van der Waals surface area contributed by atoms with Crippen LogP contribution in [-0.4, -0.2) is 33.0 Å². The predicted molar refractivity (Wildman–Crippen MR) is 78.5 cm³/mol. The first-order valence-electron chi connectivity index (χ1n) is 6.27. The molecule has 0 unspecified atom stereocenters. The SMILES string of the molecule is O=[N+]([O-])c1ccc2sc([S@](=O)C[C@H]3CCNC3)nc2c1. The third kappa shape index (κ3) is 2.72. The summed E-state index contributed by atoms with van der Waals surface area (Å²) < 4.78 is 13.7. The summed E-state index contributed by atoms with van der Waals surface area (Å²) in [5.74, 6) is 1.03. The summed E-state index contributed by atoms with van der Waals surface area (Å²) in [7, 11) is -1.13. The number of nitro groups is 1. The Balaban J connectivity index is 1.84. The minimum atomic E-state index is -1.13. The summed E-state index contributed by atoms with van der Waals surface area (Å²) in [6.07, 6.45) is 1.04. The Morgan fingerprint density at radius 2 is 2.40 bits per heavy atom. The molecule has 0 radical (unpaired) electrons. The first-order valence-corrected chi connectivity index (χ1v) is 8.41. The highest BCUT2D eigenvalue weighted by molar-refractivity contribution is 7.87. The maximum absolute atomic E-state index is 12.3. The second-order valence-electron chi connectivity index (χ2n) is 4.76. The minimum absolute atomic E-state index is 0.0140. The van der Waals surface area contributed by atoms with Gasteiger partial charge in [0, 0.05) is 17.9 Å². The zero-order valence-corrected chi connectivity index (χ0v) is 12.2. The summed E-state index contributed by atoms with van der Waals surface area (Å²) in [5.41, 5.74) is 0.567. The van der Waals surface area contributed by atoms with Crippen LogP contribution in [0.1, 0.15) is 6.42 Å². The lowest BCUT2D eigenvalue weighted by molar-refractivity contribution is -0.384. The number of fused-ring (bicyclic) bond motifs is 1. The van der Waals surface area contributed by atoms with Gasteiger partial charge in [0.1, 0.15) is 0 Å². The number of rotatable bonds is 4. The van der Waals surface area contributed by atoms with Crippen molar-refractivity contribution in [2.45, 2.75) is 10.8 Å². The fourth-order valence-electron chi connectivity index (χ4n) is 2.25. The van der Waals surface area contributed by atoms with E-state index in [1.807, 2.05) is 0 Å². The van der Waals surface area contributed by atoms with Gasteiger partial charge in [-0.1, -0.05) is 0 Å². The lowest BCUT2D eigenvalue weighted by Crippen LogP contribution is -2.14. The molecule has 1 aromatic heterocycles. The molecule has 2 atom stereocenters. The summed E-state index contributed by atoms with van der Waals surface area (Å²) in [6.45, 7) is 1.88. The van der Waals surface area contributed by atoms with Gasteiger partial charge in [0.15, 0.2) is 4.34 Å². The van der Waals surface area contributed by atoms with Gasteiger partial charge in [-0.05, 0) is 31.5 Å². The highest BCUT2D eigenvalue weighted by atomic mass is 32.2. The van der Waals surface area contributed by atoms with E-state index < -0.39 is 15.7 Å². The van der Waals surface area contributed by atoms with Gasteiger partial charge in [0.25, 0.3) is 5.69 Å². The normalized spacial score (nSPS) is 20.3. The number of nitrogens with one attached hydrogen (secondary N) is 1. The van der Waals surface area contributed by atoms with Crippen molar-refractivity contribution in [2.24, 2.45) is 5.92 Å². The van der Waals surface area contributed by atoms with Crippen molar-refractivity contribution < 1.29 is 9.13 Å². The van der Waals surface area contributed by atoms with Gasteiger partial charge >= 0.3 is 0 Å². The van der Waals surface area contributed by atoms with Gasteiger partial charge in [-0.25, -0.2) is 4.98 Å². The van der Waals surface area contributed by atoms with Crippen molar-refractivity contribution in [3.05, 3.63) is 28.3 Å². The molecular formula is C12H13N3O3S2. The molecule has 20 heavy (non-hydrogen) atoms. The zero-order valence-electron chi connectivity index (χ0n) is 10.6. The summed E-state index contributed by atoms with van der Waals surface area (Å²) in [5, 5.41) is 14.0. The van der Waals surface area contributed by atoms with E-state index in [1.165, 1.54) is 23.5 Å². The van der Waals surface area contributed by atoms with Crippen molar-refractivity contribution in [3.63, 3.8) is 0 Å². The Bertz CT molecular complexity index is 680. The molecule has 1 saturated heterocycles. The Labute approximate surface area is 121 Å². The quantitative estimate of drug-likeness (QED) is 0.689. The molecule has 6 nitrogen and oxygen atoms in total. The molecule has 8 heteroatoms. The van der Waals surface area contributed by atoms with Crippen LogP contribution in [0.5, 0.6) is 0 Å². The third-order valence-electron chi connectivity index (χ3n) is 3.31. The van der Waals surface area contributed by atoms with Gasteiger partial charge < -0.3 is 5.32 Å². The van der Waals surface area contributed by atoms with Gasteiger partial charge in [0.2, 0.25) is 0 Å². The largest absolute Gasteiger partial charge is 0.316 e. The molecule has 1 aliphatic rings. The highest BCUT2D eigenvalue weighted by Crippen LogP contribution is 2.28. The maximum Gasteiger partial charge on any atom is 0.271 e. The van der Waals surface area contributed by atoms with Crippen molar-refractivity contribution in [1.82, 2.24) is 10.3 Å². The van der Waals surface area contributed by atoms with E-state index in [0.717, 1.165) is 24.2 Å². The number of nitrogens with zero attached hydrogens (tertiary/aromatic N) is 2. The number of aromatic nitrogens is 1. The molecule has 1 fully saturated rings.